The fourth-order valence-corrected chi connectivity index (χ4v) is 1.08. The van der Waals surface area contributed by atoms with Gasteiger partial charge in [-0.3, -0.25) is 0 Å². The average molecular weight is 242 g/mol. The largest absolute Gasteiger partial charge is 0.394 e. The Hall–Kier alpha value is -0.320. The Balaban J connectivity index is 4.41. The second-order valence-electron chi connectivity index (χ2n) is 3.46. The SMILES string of the molecule is OC[C@@H](O)[C@H](O)[C@H](O)[C@@H](O)[C@@H](O)[C@H](O)CO. The fourth-order valence-electron chi connectivity index (χ4n) is 1.08. The van der Waals surface area contributed by atoms with Crippen molar-refractivity contribution in [2.45, 2.75) is 36.6 Å². The second-order valence-corrected chi connectivity index (χ2v) is 3.46. The first-order chi connectivity index (χ1) is 7.36. The topological polar surface area (TPSA) is 162 Å². The maximum absolute atomic E-state index is 9.28. The summed E-state index contributed by atoms with van der Waals surface area (Å²) in [6.45, 7) is -1.69. The van der Waals surface area contributed by atoms with E-state index < -0.39 is 49.8 Å². The van der Waals surface area contributed by atoms with Crippen molar-refractivity contribution in [2.75, 3.05) is 13.2 Å². The van der Waals surface area contributed by atoms with Gasteiger partial charge in [-0.05, 0) is 0 Å². The highest BCUT2D eigenvalue weighted by Gasteiger charge is 2.36. The minimum atomic E-state index is -1.97. The zero-order chi connectivity index (χ0) is 12.9. The van der Waals surface area contributed by atoms with Crippen LogP contribution in [0.4, 0.5) is 0 Å². The molecule has 0 spiro atoms. The lowest BCUT2D eigenvalue weighted by atomic mass is 9.97. The first kappa shape index (κ1) is 15.7. The molecule has 0 bridgehead atoms. The third-order valence-corrected chi connectivity index (χ3v) is 2.21. The lowest BCUT2D eigenvalue weighted by Gasteiger charge is -2.29. The lowest BCUT2D eigenvalue weighted by Crippen LogP contribution is -2.53. The van der Waals surface area contributed by atoms with Crippen LogP contribution in [0.25, 0.3) is 0 Å². The molecule has 0 aliphatic rings. The molecular weight excluding hydrogens is 224 g/mol. The van der Waals surface area contributed by atoms with E-state index >= 15 is 0 Å². The predicted octanol–water partition coefficient (Wildman–Crippen LogP) is -4.86. The molecule has 8 nitrogen and oxygen atoms in total. The summed E-state index contributed by atoms with van der Waals surface area (Å²) < 4.78 is 0. The average Bonchev–Trinajstić information content (AvgIpc) is 2.32. The molecule has 0 aliphatic heterocycles. The number of aliphatic hydroxyl groups is 8. The van der Waals surface area contributed by atoms with Crippen molar-refractivity contribution < 1.29 is 40.9 Å². The van der Waals surface area contributed by atoms with Gasteiger partial charge < -0.3 is 40.9 Å². The van der Waals surface area contributed by atoms with Gasteiger partial charge in [-0.15, -0.1) is 0 Å². The molecule has 0 saturated carbocycles. The Morgan fingerprint density at radius 2 is 0.750 bits per heavy atom. The molecule has 0 rings (SSSR count). The summed E-state index contributed by atoms with van der Waals surface area (Å²) in [5, 5.41) is 71.8. The number of rotatable bonds is 7. The van der Waals surface area contributed by atoms with Crippen LogP contribution >= 0.6 is 0 Å². The van der Waals surface area contributed by atoms with Crippen molar-refractivity contribution in [2.24, 2.45) is 0 Å². The second kappa shape index (κ2) is 7.09. The predicted molar refractivity (Wildman–Crippen MR) is 50.2 cm³/mol. The zero-order valence-corrected chi connectivity index (χ0v) is 8.46. The van der Waals surface area contributed by atoms with Crippen LogP contribution in [0.5, 0.6) is 0 Å². The molecule has 0 radical (unpaired) electrons. The molecular formula is C8H18O8. The third kappa shape index (κ3) is 3.92. The Morgan fingerprint density at radius 1 is 0.500 bits per heavy atom. The van der Waals surface area contributed by atoms with E-state index in [0.717, 1.165) is 0 Å². The monoisotopic (exact) mass is 242 g/mol. The van der Waals surface area contributed by atoms with Crippen LogP contribution in [0.2, 0.25) is 0 Å². The molecule has 8 N–H and O–H groups in total. The molecule has 16 heavy (non-hydrogen) atoms. The van der Waals surface area contributed by atoms with Gasteiger partial charge in [-0.1, -0.05) is 0 Å². The van der Waals surface area contributed by atoms with Gasteiger partial charge in [0.2, 0.25) is 0 Å². The molecule has 0 unspecified atom stereocenters. The van der Waals surface area contributed by atoms with Gasteiger partial charge in [0, 0.05) is 0 Å². The maximum Gasteiger partial charge on any atom is 0.111 e. The van der Waals surface area contributed by atoms with Crippen LogP contribution in [0.1, 0.15) is 0 Å². The summed E-state index contributed by atoms with van der Waals surface area (Å²) in [6, 6.07) is 0. The van der Waals surface area contributed by atoms with Crippen molar-refractivity contribution in [1.29, 1.82) is 0 Å². The molecule has 8 heteroatoms. The molecule has 98 valence electrons. The first-order valence-corrected chi connectivity index (χ1v) is 4.66. The van der Waals surface area contributed by atoms with Crippen LogP contribution in [-0.2, 0) is 0 Å². The van der Waals surface area contributed by atoms with Gasteiger partial charge in [-0.25, -0.2) is 0 Å². The van der Waals surface area contributed by atoms with Gasteiger partial charge in [0.25, 0.3) is 0 Å². The first-order valence-electron chi connectivity index (χ1n) is 4.66. The summed E-state index contributed by atoms with van der Waals surface area (Å²) >= 11 is 0. The maximum atomic E-state index is 9.28. The number of aliphatic hydroxyl groups excluding tert-OH is 8. The summed E-state index contributed by atoms with van der Waals surface area (Å²) in [7, 11) is 0. The smallest absolute Gasteiger partial charge is 0.111 e. The van der Waals surface area contributed by atoms with Gasteiger partial charge >= 0.3 is 0 Å². The van der Waals surface area contributed by atoms with Crippen LogP contribution in [-0.4, -0.2) is 90.7 Å². The van der Waals surface area contributed by atoms with Crippen LogP contribution in [0.3, 0.4) is 0 Å². The quantitative estimate of drug-likeness (QED) is 0.220. The zero-order valence-electron chi connectivity index (χ0n) is 8.46. The van der Waals surface area contributed by atoms with Gasteiger partial charge in [-0.2, -0.15) is 0 Å². The van der Waals surface area contributed by atoms with Crippen molar-refractivity contribution in [3.8, 4) is 0 Å². The highest BCUT2D eigenvalue weighted by atomic mass is 16.4. The molecule has 6 atom stereocenters. The molecule has 0 saturated heterocycles. The molecule has 0 amide bonds. The molecule has 0 aliphatic carbocycles. The Bertz CT molecular complexity index is 169. The fraction of sp³-hybridized carbons (Fsp3) is 1.00. The van der Waals surface area contributed by atoms with Crippen molar-refractivity contribution in [3.63, 3.8) is 0 Å². The van der Waals surface area contributed by atoms with E-state index in [1.54, 1.807) is 0 Å². The van der Waals surface area contributed by atoms with E-state index in [1.165, 1.54) is 0 Å². The minimum Gasteiger partial charge on any atom is -0.394 e. The highest BCUT2D eigenvalue weighted by Crippen LogP contribution is 2.10. The lowest BCUT2D eigenvalue weighted by molar-refractivity contribution is -0.161. The van der Waals surface area contributed by atoms with E-state index in [0.29, 0.717) is 0 Å². The van der Waals surface area contributed by atoms with E-state index in [4.69, 9.17) is 20.4 Å². The number of hydrogen-bond acceptors (Lipinski definition) is 8. The van der Waals surface area contributed by atoms with Crippen molar-refractivity contribution in [3.05, 3.63) is 0 Å². The van der Waals surface area contributed by atoms with Gasteiger partial charge in [0.1, 0.15) is 36.6 Å². The molecule has 0 aromatic carbocycles. The van der Waals surface area contributed by atoms with Crippen molar-refractivity contribution in [1.82, 2.24) is 0 Å². The number of hydrogen-bond donors (Lipinski definition) is 8. The molecule has 0 aromatic rings. The summed E-state index contributed by atoms with van der Waals surface area (Å²) in [5.74, 6) is 0. The van der Waals surface area contributed by atoms with E-state index in [2.05, 4.69) is 0 Å². The van der Waals surface area contributed by atoms with Gasteiger partial charge in [0.15, 0.2) is 0 Å². The Morgan fingerprint density at radius 3 is 0.938 bits per heavy atom. The standard InChI is InChI=1S/C8H18O8/c9-1-3(11)5(13)7(15)8(16)6(14)4(12)2-10/h3-16H,1-2H2/t3-,4-,5+,6+,7+,8+/m1/s1. The minimum absolute atomic E-state index is 0.844. The van der Waals surface area contributed by atoms with E-state index in [-0.39, 0.29) is 0 Å². The Labute approximate surface area is 91.6 Å². The van der Waals surface area contributed by atoms with Crippen LogP contribution in [0.15, 0.2) is 0 Å². The summed E-state index contributed by atoms with van der Waals surface area (Å²) in [4.78, 5) is 0. The van der Waals surface area contributed by atoms with E-state index in [9.17, 15) is 20.4 Å². The Kier molecular flexibility index (Phi) is 6.95. The third-order valence-electron chi connectivity index (χ3n) is 2.21. The van der Waals surface area contributed by atoms with Crippen molar-refractivity contribution >= 4 is 0 Å². The van der Waals surface area contributed by atoms with Gasteiger partial charge in [0.05, 0.1) is 13.2 Å². The molecule has 0 aromatic heterocycles. The summed E-state index contributed by atoms with van der Waals surface area (Å²) in [5.41, 5.74) is 0. The summed E-state index contributed by atoms with van der Waals surface area (Å²) in [6.07, 6.45) is -11.1. The molecule has 0 fully saturated rings. The van der Waals surface area contributed by atoms with Crippen LogP contribution in [0, 0.1) is 0 Å². The highest BCUT2D eigenvalue weighted by molar-refractivity contribution is 4.87. The van der Waals surface area contributed by atoms with Crippen LogP contribution < -0.4 is 0 Å². The van der Waals surface area contributed by atoms with E-state index in [1.807, 2.05) is 0 Å². The normalized spacial score (nSPS) is 23.2. The molecule has 0 heterocycles.